The number of aryl methyl sites for hydroxylation is 1. The largest absolute Gasteiger partial charge is 0.484 e. The van der Waals surface area contributed by atoms with E-state index < -0.39 is 5.91 Å². The summed E-state index contributed by atoms with van der Waals surface area (Å²) in [6.07, 6.45) is 0. The van der Waals surface area contributed by atoms with Gasteiger partial charge in [-0.1, -0.05) is 12.1 Å². The van der Waals surface area contributed by atoms with E-state index >= 15 is 0 Å². The molecule has 5 nitrogen and oxygen atoms in total. The lowest BCUT2D eigenvalue weighted by Crippen LogP contribution is -2.20. The average molecular weight is 291 g/mol. The van der Waals surface area contributed by atoms with Gasteiger partial charge in [0.1, 0.15) is 5.75 Å². The van der Waals surface area contributed by atoms with Crippen molar-refractivity contribution in [3.63, 3.8) is 0 Å². The zero-order chi connectivity index (χ0) is 14.4. The van der Waals surface area contributed by atoms with E-state index in [4.69, 9.17) is 10.5 Å². The van der Waals surface area contributed by atoms with E-state index in [1.807, 2.05) is 31.2 Å². The summed E-state index contributed by atoms with van der Waals surface area (Å²) in [5, 5.41) is 6.47. The highest BCUT2D eigenvalue weighted by molar-refractivity contribution is 7.09. The molecule has 0 aliphatic carbocycles. The first kappa shape index (κ1) is 14.5. The number of hydrogen-bond donors (Lipinski definition) is 2. The van der Waals surface area contributed by atoms with Crippen molar-refractivity contribution in [1.82, 2.24) is 10.3 Å². The van der Waals surface area contributed by atoms with E-state index in [2.05, 4.69) is 15.7 Å². The van der Waals surface area contributed by atoms with Gasteiger partial charge in [-0.15, -0.1) is 11.3 Å². The Balaban J connectivity index is 1.77. The molecule has 2 aromatic rings. The van der Waals surface area contributed by atoms with Crippen molar-refractivity contribution in [3.8, 4) is 5.75 Å². The Bertz CT molecular complexity index is 566. The Morgan fingerprint density at radius 3 is 2.70 bits per heavy atom. The molecule has 1 heterocycles. The van der Waals surface area contributed by atoms with Gasteiger partial charge in [0.25, 0.3) is 5.91 Å². The summed E-state index contributed by atoms with van der Waals surface area (Å²) in [5.74, 6) is 0.164. The first-order valence-corrected chi connectivity index (χ1v) is 7.13. The fourth-order valence-electron chi connectivity index (χ4n) is 1.68. The number of primary amides is 1. The van der Waals surface area contributed by atoms with E-state index in [1.165, 1.54) is 0 Å². The number of hydrogen-bond acceptors (Lipinski definition) is 5. The normalized spacial score (nSPS) is 10.4. The molecule has 0 aliphatic heterocycles. The van der Waals surface area contributed by atoms with Crippen molar-refractivity contribution in [2.45, 2.75) is 20.0 Å². The van der Waals surface area contributed by atoms with Gasteiger partial charge in [-0.05, 0) is 24.6 Å². The molecule has 0 atom stereocenters. The summed E-state index contributed by atoms with van der Waals surface area (Å²) in [5.41, 5.74) is 7.22. The number of thiazole rings is 1. The molecule has 0 unspecified atom stereocenters. The number of ether oxygens (including phenoxy) is 1. The van der Waals surface area contributed by atoms with Crippen LogP contribution >= 0.6 is 11.3 Å². The summed E-state index contributed by atoms with van der Waals surface area (Å²) < 4.78 is 5.20. The summed E-state index contributed by atoms with van der Waals surface area (Å²) >= 11 is 1.65. The molecule has 1 amide bonds. The fourth-order valence-corrected chi connectivity index (χ4v) is 2.29. The molecule has 0 aliphatic rings. The minimum absolute atomic E-state index is 0.0965. The van der Waals surface area contributed by atoms with Crippen LogP contribution in [0.15, 0.2) is 29.6 Å². The Kier molecular flexibility index (Phi) is 5.09. The monoisotopic (exact) mass is 291 g/mol. The number of nitrogens with two attached hydrogens (primary N) is 1. The van der Waals surface area contributed by atoms with Gasteiger partial charge in [-0.2, -0.15) is 0 Å². The lowest BCUT2D eigenvalue weighted by atomic mass is 10.2. The zero-order valence-corrected chi connectivity index (χ0v) is 12.1. The first-order chi connectivity index (χ1) is 9.63. The number of nitrogens with one attached hydrogen (secondary N) is 1. The summed E-state index contributed by atoms with van der Waals surface area (Å²) in [4.78, 5) is 15.0. The lowest BCUT2D eigenvalue weighted by molar-refractivity contribution is -0.119. The quantitative estimate of drug-likeness (QED) is 0.812. The van der Waals surface area contributed by atoms with Gasteiger partial charge in [0.05, 0.1) is 10.7 Å². The van der Waals surface area contributed by atoms with Crippen molar-refractivity contribution < 1.29 is 9.53 Å². The maximum absolute atomic E-state index is 10.6. The highest BCUT2D eigenvalue weighted by Gasteiger charge is 2.00. The number of benzene rings is 1. The van der Waals surface area contributed by atoms with Crippen molar-refractivity contribution in [1.29, 1.82) is 0 Å². The number of carbonyl (C=O) groups excluding carboxylic acids is 1. The number of carbonyl (C=O) groups is 1. The minimum Gasteiger partial charge on any atom is -0.484 e. The Hall–Kier alpha value is -1.92. The van der Waals surface area contributed by atoms with Crippen LogP contribution in [0.2, 0.25) is 0 Å². The summed E-state index contributed by atoms with van der Waals surface area (Å²) in [7, 11) is 0. The van der Waals surface area contributed by atoms with Crippen LogP contribution in [0.5, 0.6) is 5.75 Å². The molecule has 0 radical (unpaired) electrons. The molecular formula is C14H17N3O2S. The van der Waals surface area contributed by atoms with Crippen LogP contribution in [0.25, 0.3) is 0 Å². The highest BCUT2D eigenvalue weighted by atomic mass is 32.1. The van der Waals surface area contributed by atoms with Crippen molar-refractivity contribution in [2.75, 3.05) is 6.61 Å². The van der Waals surface area contributed by atoms with Crippen LogP contribution in [-0.2, 0) is 17.9 Å². The standard InChI is InChI=1S/C14H17N3O2S/c1-10-17-12(9-20-10)7-16-6-11-2-4-13(5-3-11)19-8-14(15)18/h2-5,9,16H,6-8H2,1H3,(H2,15,18). The molecule has 106 valence electrons. The minimum atomic E-state index is -0.478. The van der Waals surface area contributed by atoms with Crippen LogP contribution < -0.4 is 15.8 Å². The van der Waals surface area contributed by atoms with Crippen LogP contribution in [-0.4, -0.2) is 17.5 Å². The predicted octanol–water partition coefficient (Wildman–Crippen LogP) is 1.61. The third-order valence-electron chi connectivity index (χ3n) is 2.61. The van der Waals surface area contributed by atoms with Crippen LogP contribution in [0.4, 0.5) is 0 Å². The van der Waals surface area contributed by atoms with Crippen LogP contribution in [0.3, 0.4) is 0 Å². The highest BCUT2D eigenvalue weighted by Crippen LogP contribution is 2.12. The second kappa shape index (κ2) is 7.02. The third-order valence-corrected chi connectivity index (χ3v) is 3.43. The van der Waals surface area contributed by atoms with Gasteiger partial charge in [0.15, 0.2) is 6.61 Å². The first-order valence-electron chi connectivity index (χ1n) is 6.25. The second-order valence-corrected chi connectivity index (χ2v) is 5.42. The molecule has 0 saturated carbocycles. The summed E-state index contributed by atoms with van der Waals surface area (Å²) in [6.45, 7) is 3.41. The molecular weight excluding hydrogens is 274 g/mol. The molecule has 0 bridgehead atoms. The molecule has 0 fully saturated rings. The SMILES string of the molecule is Cc1nc(CNCc2ccc(OCC(N)=O)cc2)cs1. The zero-order valence-electron chi connectivity index (χ0n) is 11.3. The van der Waals surface area contributed by atoms with E-state index in [1.54, 1.807) is 11.3 Å². The number of amides is 1. The van der Waals surface area contributed by atoms with Gasteiger partial charge < -0.3 is 15.8 Å². The van der Waals surface area contributed by atoms with Crippen LogP contribution in [0.1, 0.15) is 16.3 Å². The summed E-state index contributed by atoms with van der Waals surface area (Å²) in [6, 6.07) is 7.56. The van der Waals surface area contributed by atoms with Crippen molar-refractivity contribution in [2.24, 2.45) is 5.73 Å². The maximum atomic E-state index is 10.6. The van der Waals surface area contributed by atoms with Crippen molar-refractivity contribution in [3.05, 3.63) is 45.9 Å². The number of nitrogens with zero attached hydrogens (tertiary/aromatic N) is 1. The third kappa shape index (κ3) is 4.64. The number of rotatable bonds is 7. The Labute approximate surface area is 121 Å². The number of aromatic nitrogens is 1. The molecule has 20 heavy (non-hydrogen) atoms. The van der Waals surface area contributed by atoms with Crippen LogP contribution in [0, 0.1) is 6.92 Å². The van der Waals surface area contributed by atoms with E-state index in [0.29, 0.717) is 5.75 Å². The molecule has 0 spiro atoms. The maximum Gasteiger partial charge on any atom is 0.255 e. The molecule has 1 aromatic carbocycles. The van der Waals surface area contributed by atoms with E-state index in [0.717, 1.165) is 29.4 Å². The lowest BCUT2D eigenvalue weighted by Gasteiger charge is -2.06. The Morgan fingerprint density at radius 2 is 2.10 bits per heavy atom. The molecule has 0 saturated heterocycles. The Morgan fingerprint density at radius 1 is 1.35 bits per heavy atom. The molecule has 2 rings (SSSR count). The molecule has 3 N–H and O–H groups in total. The fraction of sp³-hybridized carbons (Fsp3) is 0.286. The topological polar surface area (TPSA) is 77.2 Å². The predicted molar refractivity (Wildman–Crippen MR) is 78.5 cm³/mol. The van der Waals surface area contributed by atoms with Gasteiger partial charge in [0.2, 0.25) is 0 Å². The van der Waals surface area contributed by atoms with Gasteiger partial charge in [-0.3, -0.25) is 4.79 Å². The molecule has 6 heteroatoms. The second-order valence-electron chi connectivity index (χ2n) is 4.36. The van der Waals surface area contributed by atoms with Gasteiger partial charge in [-0.25, -0.2) is 4.98 Å². The molecule has 1 aromatic heterocycles. The van der Waals surface area contributed by atoms with Gasteiger partial charge >= 0.3 is 0 Å². The van der Waals surface area contributed by atoms with E-state index in [9.17, 15) is 4.79 Å². The van der Waals surface area contributed by atoms with Crippen molar-refractivity contribution >= 4 is 17.2 Å². The smallest absolute Gasteiger partial charge is 0.255 e. The van der Waals surface area contributed by atoms with Gasteiger partial charge in [0, 0.05) is 18.5 Å². The van der Waals surface area contributed by atoms with E-state index in [-0.39, 0.29) is 6.61 Å². The average Bonchev–Trinajstić information content (AvgIpc) is 2.83.